The third kappa shape index (κ3) is 2.40. The molecule has 106 valence electrons. The third-order valence-electron chi connectivity index (χ3n) is 3.68. The zero-order valence-electron chi connectivity index (χ0n) is 12.3. The van der Waals surface area contributed by atoms with Crippen LogP contribution in [0.25, 0.3) is 5.82 Å². The van der Waals surface area contributed by atoms with E-state index in [1.807, 2.05) is 23.9 Å². The molecule has 20 heavy (non-hydrogen) atoms. The van der Waals surface area contributed by atoms with Crippen LogP contribution in [0.3, 0.4) is 0 Å². The fourth-order valence-electron chi connectivity index (χ4n) is 2.30. The fraction of sp³-hybridized carbons (Fsp3) is 0.533. The van der Waals surface area contributed by atoms with Gasteiger partial charge in [0.1, 0.15) is 23.3 Å². The normalized spacial score (nSPS) is 14.6. The van der Waals surface area contributed by atoms with Crippen molar-refractivity contribution in [2.75, 3.05) is 11.9 Å². The van der Waals surface area contributed by atoms with Crippen molar-refractivity contribution >= 4 is 5.82 Å². The summed E-state index contributed by atoms with van der Waals surface area (Å²) in [6, 6.07) is 0. The molecule has 0 unspecified atom stereocenters. The Morgan fingerprint density at radius 2 is 2.10 bits per heavy atom. The molecule has 2 aromatic rings. The smallest absolute Gasteiger partial charge is 0.146 e. The molecular formula is C15H21N5. The van der Waals surface area contributed by atoms with Crippen LogP contribution in [-0.4, -0.2) is 26.1 Å². The summed E-state index contributed by atoms with van der Waals surface area (Å²) >= 11 is 0. The van der Waals surface area contributed by atoms with Crippen molar-refractivity contribution in [1.82, 2.24) is 19.5 Å². The Hall–Kier alpha value is -1.91. The molecule has 0 aliphatic heterocycles. The molecule has 0 radical (unpaired) electrons. The van der Waals surface area contributed by atoms with Gasteiger partial charge in [-0.15, -0.1) is 0 Å². The van der Waals surface area contributed by atoms with Gasteiger partial charge in [0.2, 0.25) is 0 Å². The number of rotatable bonds is 5. The van der Waals surface area contributed by atoms with E-state index in [0.717, 1.165) is 41.8 Å². The first-order valence-electron chi connectivity index (χ1n) is 7.33. The second-order valence-corrected chi connectivity index (χ2v) is 5.42. The van der Waals surface area contributed by atoms with Crippen LogP contribution in [0.2, 0.25) is 0 Å². The average molecular weight is 271 g/mol. The standard InChI is InChI=1S/C15H21N5/c1-4-7-17-13-10(2)15(20-9-8-16-11(20)3)19-14(18-13)12-5-6-12/h8-9,12H,4-7H2,1-3H3,(H,17,18,19). The quantitative estimate of drug-likeness (QED) is 0.908. The molecule has 3 rings (SSSR count). The Morgan fingerprint density at radius 1 is 1.30 bits per heavy atom. The maximum Gasteiger partial charge on any atom is 0.146 e. The molecule has 1 saturated carbocycles. The van der Waals surface area contributed by atoms with Crippen LogP contribution in [0, 0.1) is 13.8 Å². The Labute approximate surface area is 119 Å². The highest BCUT2D eigenvalue weighted by Gasteiger charge is 2.28. The number of aryl methyl sites for hydroxylation is 1. The van der Waals surface area contributed by atoms with Crippen molar-refractivity contribution in [3.8, 4) is 5.82 Å². The number of hydrogen-bond acceptors (Lipinski definition) is 4. The molecule has 5 heteroatoms. The first-order valence-corrected chi connectivity index (χ1v) is 7.33. The lowest BCUT2D eigenvalue weighted by Crippen LogP contribution is -2.12. The van der Waals surface area contributed by atoms with Gasteiger partial charge in [0.05, 0.1) is 0 Å². The number of imidazole rings is 1. The molecule has 5 nitrogen and oxygen atoms in total. The van der Waals surface area contributed by atoms with Gasteiger partial charge >= 0.3 is 0 Å². The summed E-state index contributed by atoms with van der Waals surface area (Å²) in [6.07, 6.45) is 7.27. The largest absolute Gasteiger partial charge is 0.370 e. The van der Waals surface area contributed by atoms with E-state index >= 15 is 0 Å². The molecule has 1 N–H and O–H groups in total. The molecule has 2 aromatic heterocycles. The maximum atomic E-state index is 4.78. The van der Waals surface area contributed by atoms with Gasteiger partial charge < -0.3 is 5.32 Å². The van der Waals surface area contributed by atoms with Crippen LogP contribution in [0.1, 0.15) is 49.3 Å². The van der Waals surface area contributed by atoms with Gasteiger partial charge in [0.15, 0.2) is 0 Å². The minimum atomic E-state index is 0.542. The van der Waals surface area contributed by atoms with Crippen molar-refractivity contribution in [2.45, 2.75) is 46.0 Å². The Morgan fingerprint density at radius 3 is 2.70 bits per heavy atom. The predicted octanol–water partition coefficient (Wildman–Crippen LogP) is 2.98. The van der Waals surface area contributed by atoms with E-state index in [9.17, 15) is 0 Å². The molecule has 1 aliphatic rings. The van der Waals surface area contributed by atoms with Gasteiger partial charge in [-0.05, 0) is 33.1 Å². The summed E-state index contributed by atoms with van der Waals surface area (Å²) in [7, 11) is 0. The van der Waals surface area contributed by atoms with Crippen LogP contribution in [0.15, 0.2) is 12.4 Å². The van der Waals surface area contributed by atoms with Gasteiger partial charge in [-0.2, -0.15) is 0 Å². The van der Waals surface area contributed by atoms with Crippen molar-refractivity contribution in [3.05, 3.63) is 29.6 Å². The van der Waals surface area contributed by atoms with E-state index in [4.69, 9.17) is 9.97 Å². The lowest BCUT2D eigenvalue weighted by atomic mass is 10.2. The third-order valence-corrected chi connectivity index (χ3v) is 3.68. The van der Waals surface area contributed by atoms with E-state index in [1.54, 1.807) is 0 Å². The summed E-state index contributed by atoms with van der Waals surface area (Å²) in [4.78, 5) is 13.8. The number of anilines is 1. The first-order chi connectivity index (χ1) is 9.70. The summed E-state index contributed by atoms with van der Waals surface area (Å²) in [5.41, 5.74) is 1.09. The zero-order chi connectivity index (χ0) is 14.1. The van der Waals surface area contributed by atoms with E-state index in [0.29, 0.717) is 5.92 Å². The molecule has 0 spiro atoms. The van der Waals surface area contributed by atoms with Crippen LogP contribution in [0.5, 0.6) is 0 Å². The lowest BCUT2D eigenvalue weighted by molar-refractivity contribution is 0.843. The van der Waals surface area contributed by atoms with Crippen LogP contribution in [-0.2, 0) is 0 Å². The molecule has 0 bridgehead atoms. The topological polar surface area (TPSA) is 55.6 Å². The van der Waals surface area contributed by atoms with Gasteiger partial charge in [0.25, 0.3) is 0 Å². The SMILES string of the molecule is CCCNc1nc(C2CC2)nc(-n2ccnc2C)c1C. The van der Waals surface area contributed by atoms with E-state index < -0.39 is 0 Å². The minimum Gasteiger partial charge on any atom is -0.370 e. The second-order valence-electron chi connectivity index (χ2n) is 5.42. The molecule has 0 aromatic carbocycles. The number of nitrogens with one attached hydrogen (secondary N) is 1. The summed E-state index contributed by atoms with van der Waals surface area (Å²) < 4.78 is 2.04. The number of nitrogens with zero attached hydrogens (tertiary/aromatic N) is 4. The number of hydrogen-bond donors (Lipinski definition) is 1. The minimum absolute atomic E-state index is 0.542. The van der Waals surface area contributed by atoms with Gasteiger partial charge in [-0.3, -0.25) is 4.57 Å². The second kappa shape index (κ2) is 5.23. The summed E-state index contributed by atoms with van der Waals surface area (Å²) in [6.45, 7) is 7.16. The molecular weight excluding hydrogens is 250 g/mol. The fourth-order valence-corrected chi connectivity index (χ4v) is 2.30. The highest BCUT2D eigenvalue weighted by molar-refractivity contribution is 5.52. The van der Waals surface area contributed by atoms with E-state index in [2.05, 4.69) is 24.1 Å². The van der Waals surface area contributed by atoms with Gasteiger partial charge in [-0.25, -0.2) is 15.0 Å². The van der Waals surface area contributed by atoms with Crippen molar-refractivity contribution < 1.29 is 0 Å². The van der Waals surface area contributed by atoms with Crippen LogP contribution >= 0.6 is 0 Å². The molecule has 1 fully saturated rings. The van der Waals surface area contributed by atoms with Crippen molar-refractivity contribution in [2.24, 2.45) is 0 Å². The van der Waals surface area contributed by atoms with E-state index in [1.165, 1.54) is 12.8 Å². The van der Waals surface area contributed by atoms with Gasteiger partial charge in [0, 0.05) is 30.4 Å². The Bertz CT molecular complexity index is 613. The highest BCUT2D eigenvalue weighted by atomic mass is 15.2. The first kappa shape index (κ1) is 13.1. The monoisotopic (exact) mass is 271 g/mol. The summed E-state index contributed by atoms with van der Waals surface area (Å²) in [5, 5.41) is 3.42. The molecule has 0 amide bonds. The van der Waals surface area contributed by atoms with Gasteiger partial charge in [-0.1, -0.05) is 6.92 Å². The zero-order valence-corrected chi connectivity index (χ0v) is 12.3. The maximum absolute atomic E-state index is 4.78. The molecule has 0 atom stereocenters. The molecule has 2 heterocycles. The Balaban J connectivity index is 2.07. The molecule has 1 aliphatic carbocycles. The summed E-state index contributed by atoms with van der Waals surface area (Å²) in [5.74, 6) is 4.38. The van der Waals surface area contributed by atoms with Crippen LogP contribution in [0.4, 0.5) is 5.82 Å². The Kier molecular flexibility index (Phi) is 3.42. The molecule has 0 saturated heterocycles. The predicted molar refractivity (Wildman–Crippen MR) is 79.4 cm³/mol. The van der Waals surface area contributed by atoms with Crippen molar-refractivity contribution in [1.29, 1.82) is 0 Å². The van der Waals surface area contributed by atoms with Crippen LogP contribution < -0.4 is 5.32 Å². The average Bonchev–Trinajstić information content (AvgIpc) is 3.20. The highest BCUT2D eigenvalue weighted by Crippen LogP contribution is 2.39. The lowest BCUT2D eigenvalue weighted by Gasteiger charge is -2.14. The van der Waals surface area contributed by atoms with Crippen molar-refractivity contribution in [3.63, 3.8) is 0 Å². The van der Waals surface area contributed by atoms with E-state index in [-0.39, 0.29) is 0 Å². The number of aromatic nitrogens is 4.